The highest BCUT2D eigenvalue weighted by molar-refractivity contribution is 7.13. The van der Waals surface area contributed by atoms with E-state index in [-0.39, 0.29) is 18.4 Å². The van der Waals surface area contributed by atoms with E-state index in [2.05, 4.69) is 10.3 Å². The molecule has 0 radical (unpaired) electrons. The van der Waals surface area contributed by atoms with Crippen LogP contribution in [0.2, 0.25) is 0 Å². The number of benzene rings is 1. The molecule has 1 fully saturated rings. The molecule has 3 rings (SSSR count). The third-order valence-corrected chi connectivity index (χ3v) is 5.33. The van der Waals surface area contributed by atoms with Crippen molar-refractivity contribution in [3.8, 4) is 10.4 Å². The van der Waals surface area contributed by atoms with Crippen LogP contribution in [-0.4, -0.2) is 45.5 Å². The standard InChI is InChI=1S/C18H21N3O3S/c1-11-17(25-10-20-11)14-5-3-13(4-6-14)9-21(12(2)22)18(24)16-7-15(23)8-19-16/h3-6,10,15-16,19,23H,7-9H2,1-2H3/t15-,16+/m1/s1. The first-order valence-corrected chi connectivity index (χ1v) is 9.06. The van der Waals surface area contributed by atoms with E-state index < -0.39 is 12.1 Å². The van der Waals surface area contributed by atoms with Gasteiger partial charge in [0.15, 0.2) is 0 Å². The van der Waals surface area contributed by atoms with Crippen molar-refractivity contribution < 1.29 is 14.7 Å². The van der Waals surface area contributed by atoms with Crippen LogP contribution in [0.15, 0.2) is 29.8 Å². The fraction of sp³-hybridized carbons (Fsp3) is 0.389. The third kappa shape index (κ3) is 3.95. The van der Waals surface area contributed by atoms with Crippen molar-refractivity contribution in [2.24, 2.45) is 0 Å². The van der Waals surface area contributed by atoms with Gasteiger partial charge in [-0.15, -0.1) is 11.3 Å². The molecule has 2 atom stereocenters. The van der Waals surface area contributed by atoms with Gasteiger partial charge in [-0.25, -0.2) is 4.98 Å². The topological polar surface area (TPSA) is 82.5 Å². The van der Waals surface area contributed by atoms with E-state index in [1.165, 1.54) is 11.8 Å². The molecule has 1 aromatic heterocycles. The number of β-amino-alcohol motifs (C(OH)–C–C–N with tert-alkyl or cyclic N) is 1. The maximum absolute atomic E-state index is 12.6. The van der Waals surface area contributed by atoms with Crippen molar-refractivity contribution in [3.05, 3.63) is 41.0 Å². The Morgan fingerprint density at radius 3 is 2.60 bits per heavy atom. The molecule has 0 saturated carbocycles. The summed E-state index contributed by atoms with van der Waals surface area (Å²) in [5, 5.41) is 12.5. The molecular weight excluding hydrogens is 338 g/mol. The number of carbonyl (C=O) groups excluding carboxylic acids is 2. The monoisotopic (exact) mass is 359 g/mol. The average molecular weight is 359 g/mol. The first-order valence-electron chi connectivity index (χ1n) is 8.18. The lowest BCUT2D eigenvalue weighted by Gasteiger charge is -2.22. The molecule has 0 bridgehead atoms. The van der Waals surface area contributed by atoms with Crippen molar-refractivity contribution in [2.75, 3.05) is 6.54 Å². The molecule has 2 N–H and O–H groups in total. The predicted octanol–water partition coefficient (Wildman–Crippen LogP) is 1.72. The number of aromatic nitrogens is 1. The molecule has 1 aliphatic rings. The maximum Gasteiger partial charge on any atom is 0.246 e. The number of aliphatic hydroxyl groups excluding tert-OH is 1. The van der Waals surface area contributed by atoms with Gasteiger partial charge in [0.25, 0.3) is 0 Å². The lowest BCUT2D eigenvalue weighted by atomic mass is 10.1. The lowest BCUT2D eigenvalue weighted by molar-refractivity contribution is -0.145. The average Bonchev–Trinajstić information content (AvgIpc) is 3.21. The zero-order valence-corrected chi connectivity index (χ0v) is 15.0. The van der Waals surface area contributed by atoms with Gasteiger partial charge >= 0.3 is 0 Å². The Morgan fingerprint density at radius 2 is 2.08 bits per heavy atom. The summed E-state index contributed by atoms with van der Waals surface area (Å²) in [5.41, 5.74) is 4.76. The molecule has 0 unspecified atom stereocenters. The van der Waals surface area contributed by atoms with Gasteiger partial charge in [-0.05, 0) is 24.5 Å². The largest absolute Gasteiger partial charge is 0.392 e. The molecule has 1 aliphatic heterocycles. The fourth-order valence-corrected chi connectivity index (χ4v) is 3.77. The molecule has 1 saturated heterocycles. The highest BCUT2D eigenvalue weighted by Crippen LogP contribution is 2.27. The van der Waals surface area contributed by atoms with Crippen molar-refractivity contribution >= 4 is 23.2 Å². The number of hydrogen-bond acceptors (Lipinski definition) is 6. The predicted molar refractivity (Wildman–Crippen MR) is 95.9 cm³/mol. The minimum absolute atomic E-state index is 0.227. The molecular formula is C18H21N3O3S. The Labute approximate surface area is 150 Å². The maximum atomic E-state index is 12.6. The summed E-state index contributed by atoms with van der Waals surface area (Å²) in [4.78, 5) is 31.1. The van der Waals surface area contributed by atoms with E-state index in [1.54, 1.807) is 11.3 Å². The van der Waals surface area contributed by atoms with Crippen LogP contribution in [0, 0.1) is 6.92 Å². The SMILES string of the molecule is CC(=O)N(Cc1ccc(-c2scnc2C)cc1)C(=O)[C@@H]1C[C@@H](O)CN1. The molecule has 2 aromatic rings. The molecule has 2 heterocycles. The second-order valence-electron chi connectivity index (χ2n) is 6.26. The number of amides is 2. The minimum atomic E-state index is -0.537. The number of imide groups is 1. The fourth-order valence-electron chi connectivity index (χ4n) is 2.96. The second kappa shape index (κ2) is 7.43. The Hall–Kier alpha value is -2.09. The normalized spacial score (nSPS) is 19.8. The Bertz CT molecular complexity index is 772. The minimum Gasteiger partial charge on any atom is -0.392 e. The van der Waals surface area contributed by atoms with Crippen LogP contribution < -0.4 is 5.32 Å². The van der Waals surface area contributed by atoms with Crippen molar-refractivity contribution in [1.29, 1.82) is 0 Å². The van der Waals surface area contributed by atoms with Crippen LogP contribution in [0.4, 0.5) is 0 Å². The summed E-state index contributed by atoms with van der Waals surface area (Å²) >= 11 is 1.59. The van der Waals surface area contributed by atoms with Crippen LogP contribution in [-0.2, 0) is 16.1 Å². The molecule has 0 spiro atoms. The van der Waals surface area contributed by atoms with Gasteiger partial charge in [0.05, 0.1) is 34.8 Å². The van der Waals surface area contributed by atoms with E-state index in [0.29, 0.717) is 13.0 Å². The van der Waals surface area contributed by atoms with Crippen LogP contribution in [0.5, 0.6) is 0 Å². The smallest absolute Gasteiger partial charge is 0.246 e. The quantitative estimate of drug-likeness (QED) is 0.869. The zero-order valence-electron chi connectivity index (χ0n) is 14.2. The van der Waals surface area contributed by atoms with E-state index in [1.807, 2.05) is 36.7 Å². The van der Waals surface area contributed by atoms with Gasteiger partial charge in [-0.1, -0.05) is 24.3 Å². The van der Waals surface area contributed by atoms with Crippen molar-refractivity contribution in [3.63, 3.8) is 0 Å². The Kier molecular flexibility index (Phi) is 5.27. The number of thiazole rings is 1. The summed E-state index contributed by atoms with van der Waals surface area (Å²) in [6, 6.07) is 7.31. The first kappa shape index (κ1) is 17.7. The third-order valence-electron chi connectivity index (χ3n) is 4.35. The highest BCUT2D eigenvalue weighted by Gasteiger charge is 2.32. The van der Waals surface area contributed by atoms with Crippen LogP contribution in [0.1, 0.15) is 24.6 Å². The first-order chi connectivity index (χ1) is 12.0. The van der Waals surface area contributed by atoms with Gasteiger partial charge in [0.2, 0.25) is 11.8 Å². The Morgan fingerprint density at radius 1 is 1.36 bits per heavy atom. The zero-order chi connectivity index (χ0) is 18.0. The highest BCUT2D eigenvalue weighted by atomic mass is 32.1. The molecule has 1 aromatic carbocycles. The molecule has 132 valence electrons. The summed E-state index contributed by atoms with van der Waals surface area (Å²) in [5.74, 6) is -0.581. The molecule has 2 amide bonds. The van der Waals surface area contributed by atoms with Crippen LogP contribution in [0.3, 0.4) is 0 Å². The number of aryl methyl sites for hydroxylation is 1. The van der Waals surface area contributed by atoms with Crippen molar-refractivity contribution in [2.45, 2.75) is 39.0 Å². The van der Waals surface area contributed by atoms with Crippen LogP contribution in [0.25, 0.3) is 10.4 Å². The molecule has 6 nitrogen and oxygen atoms in total. The van der Waals surface area contributed by atoms with E-state index >= 15 is 0 Å². The van der Waals surface area contributed by atoms with Crippen LogP contribution >= 0.6 is 11.3 Å². The molecule has 0 aliphatic carbocycles. The van der Waals surface area contributed by atoms with Gasteiger partial charge in [0.1, 0.15) is 0 Å². The van der Waals surface area contributed by atoms with Gasteiger partial charge in [-0.2, -0.15) is 0 Å². The number of aliphatic hydroxyl groups is 1. The summed E-state index contributed by atoms with van der Waals surface area (Å²) in [7, 11) is 0. The summed E-state index contributed by atoms with van der Waals surface area (Å²) in [6.45, 7) is 3.96. The van der Waals surface area contributed by atoms with Gasteiger partial charge < -0.3 is 10.4 Å². The second-order valence-corrected chi connectivity index (χ2v) is 7.11. The van der Waals surface area contributed by atoms with Crippen molar-refractivity contribution in [1.82, 2.24) is 15.2 Å². The summed E-state index contributed by atoms with van der Waals surface area (Å²) < 4.78 is 0. The number of rotatable bonds is 4. The van der Waals surface area contributed by atoms with Gasteiger partial charge in [0, 0.05) is 13.5 Å². The lowest BCUT2D eigenvalue weighted by Crippen LogP contribution is -2.45. The number of nitrogens with one attached hydrogen (secondary N) is 1. The number of nitrogens with zero attached hydrogens (tertiary/aromatic N) is 2. The van der Waals surface area contributed by atoms with E-state index in [0.717, 1.165) is 21.7 Å². The van der Waals surface area contributed by atoms with Gasteiger partial charge in [-0.3, -0.25) is 14.5 Å². The molecule has 7 heteroatoms. The number of hydrogen-bond donors (Lipinski definition) is 2. The number of carbonyl (C=O) groups is 2. The summed E-state index contributed by atoms with van der Waals surface area (Å²) in [6.07, 6.45) is -0.198. The Balaban J connectivity index is 1.73. The van der Waals surface area contributed by atoms with E-state index in [4.69, 9.17) is 0 Å². The van der Waals surface area contributed by atoms with E-state index in [9.17, 15) is 14.7 Å². The molecule has 25 heavy (non-hydrogen) atoms.